The summed E-state index contributed by atoms with van der Waals surface area (Å²) < 4.78 is 0. The molecule has 42 heavy (non-hydrogen) atoms. The summed E-state index contributed by atoms with van der Waals surface area (Å²) in [5, 5.41) is 3.35. The molecular formula is C41H34Si. The molecule has 0 nitrogen and oxygen atoms in total. The molecule has 4 aliphatic carbocycles. The van der Waals surface area contributed by atoms with Gasteiger partial charge < -0.3 is 0 Å². The predicted molar refractivity (Wildman–Crippen MR) is 180 cm³/mol. The van der Waals surface area contributed by atoms with Crippen molar-refractivity contribution in [3.05, 3.63) is 169 Å². The molecule has 0 saturated carbocycles. The fraction of sp³-hybridized carbons (Fsp3) is 0.171. The third-order valence-corrected chi connectivity index (χ3v) is 14.5. The fourth-order valence-corrected chi connectivity index (χ4v) is 12.2. The Balaban J connectivity index is 1.40. The van der Waals surface area contributed by atoms with Gasteiger partial charge in [0.1, 0.15) is 8.07 Å². The zero-order chi connectivity index (χ0) is 28.3. The van der Waals surface area contributed by atoms with Crippen molar-refractivity contribution >= 4 is 25.8 Å². The molecule has 5 aliphatic rings. The van der Waals surface area contributed by atoms with Crippen LogP contribution in [0.1, 0.15) is 64.6 Å². The van der Waals surface area contributed by atoms with E-state index in [0.29, 0.717) is 11.8 Å². The minimum absolute atomic E-state index is 0.305. The molecule has 2 unspecified atom stereocenters. The van der Waals surface area contributed by atoms with E-state index in [2.05, 4.69) is 136 Å². The van der Waals surface area contributed by atoms with E-state index in [0.717, 1.165) is 6.42 Å². The van der Waals surface area contributed by atoms with Crippen LogP contribution in [0.5, 0.6) is 0 Å². The van der Waals surface area contributed by atoms with E-state index in [-0.39, 0.29) is 0 Å². The highest BCUT2D eigenvalue weighted by Gasteiger charge is 2.52. The van der Waals surface area contributed by atoms with Gasteiger partial charge in [-0.25, -0.2) is 0 Å². The van der Waals surface area contributed by atoms with E-state index in [1.54, 1.807) is 16.0 Å². The van der Waals surface area contributed by atoms with Gasteiger partial charge in [-0.15, -0.1) is 0 Å². The van der Waals surface area contributed by atoms with Gasteiger partial charge in [-0.2, -0.15) is 0 Å². The van der Waals surface area contributed by atoms with E-state index in [4.69, 9.17) is 0 Å². The van der Waals surface area contributed by atoms with Crippen LogP contribution in [0, 0.1) is 0 Å². The number of rotatable bonds is 1. The van der Waals surface area contributed by atoms with Crippen LogP contribution >= 0.6 is 0 Å². The smallest absolute Gasteiger partial charge is 0.0685 e. The maximum Gasteiger partial charge on any atom is 0.105 e. The fourth-order valence-electron chi connectivity index (χ4n) is 8.76. The summed E-state index contributed by atoms with van der Waals surface area (Å²) in [5.74, 6) is 0.636. The summed E-state index contributed by atoms with van der Waals surface area (Å²) in [6.07, 6.45) is 8.78. The van der Waals surface area contributed by atoms with Crippen molar-refractivity contribution in [1.82, 2.24) is 0 Å². The molecule has 4 aromatic carbocycles. The number of hydrogen-bond acceptors (Lipinski definition) is 0. The number of benzene rings is 4. The maximum atomic E-state index is 2.61. The first-order chi connectivity index (χ1) is 20.4. The Morgan fingerprint density at radius 1 is 0.619 bits per heavy atom. The molecule has 1 saturated heterocycles. The Labute approximate surface area is 250 Å². The van der Waals surface area contributed by atoms with Crippen LogP contribution in [0.2, 0.25) is 13.1 Å². The van der Waals surface area contributed by atoms with Gasteiger partial charge in [-0.3, -0.25) is 0 Å². The first kappa shape index (κ1) is 24.4. The second kappa shape index (κ2) is 8.43. The minimum atomic E-state index is -1.98. The number of allylic oxidation sites excluding steroid dienone is 8. The number of hydrogen-bond donors (Lipinski definition) is 0. The Bertz CT molecular complexity index is 2050. The molecule has 202 valence electrons. The van der Waals surface area contributed by atoms with Crippen LogP contribution in [-0.4, -0.2) is 8.07 Å². The van der Waals surface area contributed by atoms with Crippen LogP contribution in [0.4, 0.5) is 0 Å². The van der Waals surface area contributed by atoms with Gasteiger partial charge in [0.05, 0.1) is 0 Å². The second-order valence-corrected chi connectivity index (χ2v) is 17.8. The molecule has 0 amide bonds. The van der Waals surface area contributed by atoms with Crippen LogP contribution in [-0.2, 0) is 6.42 Å². The lowest BCUT2D eigenvalue weighted by molar-refractivity contribution is 0.948. The molecule has 0 N–H and O–H groups in total. The molecule has 9 rings (SSSR count). The van der Waals surface area contributed by atoms with Crippen LogP contribution in [0.25, 0.3) is 28.9 Å². The lowest BCUT2D eigenvalue weighted by Gasteiger charge is -2.30. The van der Waals surface area contributed by atoms with Gasteiger partial charge in [0.25, 0.3) is 0 Å². The third kappa shape index (κ3) is 3.07. The zero-order valence-corrected chi connectivity index (χ0v) is 25.8. The summed E-state index contributed by atoms with van der Waals surface area (Å²) in [5.41, 5.74) is 20.4. The van der Waals surface area contributed by atoms with Crippen molar-refractivity contribution in [3.8, 4) is 11.1 Å². The van der Waals surface area contributed by atoms with E-state index in [1.165, 1.54) is 72.4 Å². The molecule has 0 bridgehead atoms. The Morgan fingerprint density at radius 3 is 1.95 bits per heavy atom. The summed E-state index contributed by atoms with van der Waals surface area (Å²) in [6, 6.07) is 34.5. The summed E-state index contributed by atoms with van der Waals surface area (Å²) in [7, 11) is -1.98. The van der Waals surface area contributed by atoms with Crippen molar-refractivity contribution in [2.75, 3.05) is 0 Å². The summed E-state index contributed by atoms with van der Waals surface area (Å²) in [6.45, 7) is 9.85. The van der Waals surface area contributed by atoms with Gasteiger partial charge in [-0.05, 0) is 98.7 Å². The molecule has 1 heteroatoms. The predicted octanol–water partition coefficient (Wildman–Crippen LogP) is 10.4. The molecule has 2 atom stereocenters. The van der Waals surface area contributed by atoms with Gasteiger partial charge in [0.15, 0.2) is 0 Å². The average molecular weight is 555 g/mol. The van der Waals surface area contributed by atoms with Crippen molar-refractivity contribution in [3.63, 3.8) is 0 Å². The molecule has 0 aromatic heterocycles. The Morgan fingerprint density at radius 2 is 1.21 bits per heavy atom. The molecular weight excluding hydrogens is 521 g/mol. The lowest BCUT2D eigenvalue weighted by atomic mass is 9.79. The SMILES string of the molecule is CC(C)=C1C=C2C(=C1c1cccc3c1Cc1ccccc1-3)C1C(=Cc3ccccc31)[Si](C)(C)C1=Cc3ccccc3C21. The minimum Gasteiger partial charge on any atom is -0.0685 e. The topological polar surface area (TPSA) is 0 Å². The number of fused-ring (bicyclic) bond motifs is 12. The first-order valence-corrected chi connectivity index (χ1v) is 18.4. The Kier molecular flexibility index (Phi) is 4.90. The quantitative estimate of drug-likeness (QED) is 0.181. The van der Waals surface area contributed by atoms with E-state index in [1.807, 2.05) is 0 Å². The zero-order valence-electron chi connectivity index (χ0n) is 24.8. The van der Waals surface area contributed by atoms with E-state index in [9.17, 15) is 0 Å². The third-order valence-electron chi connectivity index (χ3n) is 10.7. The highest BCUT2D eigenvalue weighted by Crippen LogP contribution is 2.63. The second-order valence-electron chi connectivity index (χ2n) is 13.4. The molecule has 1 heterocycles. The maximum absolute atomic E-state index is 2.61. The molecule has 1 fully saturated rings. The van der Waals surface area contributed by atoms with Gasteiger partial charge in [0.2, 0.25) is 0 Å². The van der Waals surface area contributed by atoms with Crippen LogP contribution < -0.4 is 0 Å². The molecule has 4 aromatic rings. The van der Waals surface area contributed by atoms with Crippen molar-refractivity contribution in [2.24, 2.45) is 0 Å². The van der Waals surface area contributed by atoms with Crippen LogP contribution in [0.15, 0.2) is 130 Å². The first-order valence-electron chi connectivity index (χ1n) is 15.4. The monoisotopic (exact) mass is 554 g/mol. The molecule has 1 aliphatic heterocycles. The van der Waals surface area contributed by atoms with Crippen molar-refractivity contribution < 1.29 is 0 Å². The largest absolute Gasteiger partial charge is 0.105 e. The highest BCUT2D eigenvalue weighted by atomic mass is 28.3. The lowest BCUT2D eigenvalue weighted by Crippen LogP contribution is -2.34. The van der Waals surface area contributed by atoms with Gasteiger partial charge in [-0.1, -0.05) is 132 Å². The summed E-state index contributed by atoms with van der Waals surface area (Å²) >= 11 is 0. The van der Waals surface area contributed by atoms with Crippen molar-refractivity contribution in [2.45, 2.75) is 45.2 Å². The van der Waals surface area contributed by atoms with E-state index >= 15 is 0 Å². The van der Waals surface area contributed by atoms with Gasteiger partial charge in [0, 0.05) is 11.8 Å². The Hall–Kier alpha value is -4.20. The molecule has 0 radical (unpaired) electrons. The summed E-state index contributed by atoms with van der Waals surface area (Å²) in [4.78, 5) is 0. The van der Waals surface area contributed by atoms with Crippen LogP contribution in [0.3, 0.4) is 0 Å². The molecule has 0 spiro atoms. The van der Waals surface area contributed by atoms with E-state index < -0.39 is 8.07 Å². The standard InChI is InChI=1S/C41H34Si/c1-24(2)33-23-35-38-29-16-9-6-13-26(29)21-36(38)42(3,4)37-22-27-14-7-10-17-30(27)40(37)41(35)39(33)32-19-11-18-31-28-15-8-5-12-25(28)20-34(31)32/h5-19,21-23,38,40H,20H2,1-4H3. The van der Waals surface area contributed by atoms with Gasteiger partial charge >= 0.3 is 0 Å². The normalized spacial score (nSPS) is 21.7. The van der Waals surface area contributed by atoms with Crippen molar-refractivity contribution in [1.29, 1.82) is 0 Å². The highest BCUT2D eigenvalue weighted by molar-refractivity contribution is 6.92. The average Bonchev–Trinajstić information content (AvgIpc) is 3.75.